The van der Waals surface area contributed by atoms with E-state index in [0.29, 0.717) is 18.7 Å². The van der Waals surface area contributed by atoms with E-state index in [9.17, 15) is 4.79 Å². The van der Waals surface area contributed by atoms with Gasteiger partial charge in [-0.25, -0.2) is 4.98 Å². The first kappa shape index (κ1) is 15.0. The molecule has 1 amide bonds. The number of nitrogens with one attached hydrogen (secondary N) is 1. The summed E-state index contributed by atoms with van der Waals surface area (Å²) >= 11 is 0. The maximum Gasteiger partial charge on any atom is 0.254 e. The van der Waals surface area contributed by atoms with Crippen molar-refractivity contribution in [3.63, 3.8) is 0 Å². The fourth-order valence-electron chi connectivity index (χ4n) is 3.10. The highest BCUT2D eigenvalue weighted by Crippen LogP contribution is 2.19. The third-order valence-electron chi connectivity index (χ3n) is 4.33. The van der Waals surface area contributed by atoms with E-state index in [0.717, 1.165) is 36.2 Å². The number of nitrogens with zero attached hydrogens (tertiary/aromatic N) is 2. The van der Waals surface area contributed by atoms with Crippen molar-refractivity contribution in [1.29, 1.82) is 0 Å². The van der Waals surface area contributed by atoms with Gasteiger partial charge in [0.05, 0.1) is 36.3 Å². The molecule has 2 aromatic heterocycles. The number of aromatic nitrogens is 2. The van der Waals surface area contributed by atoms with Gasteiger partial charge in [-0.1, -0.05) is 0 Å². The van der Waals surface area contributed by atoms with Crippen molar-refractivity contribution < 1.29 is 13.9 Å². The quantitative estimate of drug-likeness (QED) is 0.783. The van der Waals surface area contributed by atoms with Crippen molar-refractivity contribution >= 4 is 16.9 Å². The van der Waals surface area contributed by atoms with Crippen molar-refractivity contribution in [1.82, 2.24) is 14.9 Å². The first-order chi connectivity index (χ1) is 11.8. The highest BCUT2D eigenvalue weighted by molar-refractivity contribution is 5.97. The lowest BCUT2D eigenvalue weighted by Crippen LogP contribution is -2.36. The second-order valence-corrected chi connectivity index (χ2v) is 6.03. The largest absolute Gasteiger partial charge is 0.467 e. The Labute approximate surface area is 139 Å². The van der Waals surface area contributed by atoms with Crippen LogP contribution in [0.15, 0.2) is 47.3 Å². The van der Waals surface area contributed by atoms with Crippen LogP contribution in [0.25, 0.3) is 11.0 Å². The zero-order valence-corrected chi connectivity index (χ0v) is 13.3. The van der Waals surface area contributed by atoms with Gasteiger partial charge in [-0.3, -0.25) is 4.79 Å². The fraction of sp³-hybridized carbons (Fsp3) is 0.333. The van der Waals surface area contributed by atoms with Gasteiger partial charge in [-0.05, 0) is 43.2 Å². The molecule has 6 nitrogen and oxygen atoms in total. The Morgan fingerprint density at radius 2 is 2.33 bits per heavy atom. The minimum absolute atomic E-state index is 0.0293. The number of H-pyrrole nitrogens is 1. The second kappa shape index (κ2) is 6.49. The lowest BCUT2D eigenvalue weighted by molar-refractivity contribution is 0.0491. The summed E-state index contributed by atoms with van der Waals surface area (Å²) in [5.41, 5.74) is 2.34. The van der Waals surface area contributed by atoms with E-state index in [2.05, 4.69) is 9.97 Å². The zero-order chi connectivity index (χ0) is 16.4. The van der Waals surface area contributed by atoms with Gasteiger partial charge in [0.2, 0.25) is 0 Å². The lowest BCUT2D eigenvalue weighted by atomic mass is 10.1. The molecule has 0 unspecified atom stereocenters. The number of amides is 1. The predicted octanol–water partition coefficient (Wildman–Crippen LogP) is 2.98. The number of hydrogen-bond donors (Lipinski definition) is 1. The first-order valence-electron chi connectivity index (χ1n) is 8.16. The first-order valence-corrected chi connectivity index (χ1v) is 8.16. The number of ether oxygens (including phenoxy) is 1. The summed E-state index contributed by atoms with van der Waals surface area (Å²) < 4.78 is 11.1. The number of benzene rings is 1. The summed E-state index contributed by atoms with van der Waals surface area (Å²) in [7, 11) is 0. The molecule has 0 spiro atoms. The van der Waals surface area contributed by atoms with E-state index >= 15 is 0 Å². The van der Waals surface area contributed by atoms with Gasteiger partial charge >= 0.3 is 0 Å². The van der Waals surface area contributed by atoms with Crippen molar-refractivity contribution in [3.05, 3.63) is 54.2 Å². The van der Waals surface area contributed by atoms with Crippen LogP contribution < -0.4 is 0 Å². The van der Waals surface area contributed by atoms with E-state index in [-0.39, 0.29) is 12.0 Å². The van der Waals surface area contributed by atoms with Gasteiger partial charge < -0.3 is 19.0 Å². The fourth-order valence-corrected chi connectivity index (χ4v) is 3.10. The molecule has 0 bridgehead atoms. The van der Waals surface area contributed by atoms with E-state index < -0.39 is 0 Å². The smallest absolute Gasteiger partial charge is 0.254 e. The summed E-state index contributed by atoms with van der Waals surface area (Å²) in [5.74, 6) is 0.738. The number of carbonyl (C=O) groups is 1. The summed E-state index contributed by atoms with van der Waals surface area (Å²) in [4.78, 5) is 22.1. The molecule has 1 aromatic carbocycles. The van der Waals surface area contributed by atoms with Crippen LogP contribution in [0, 0.1) is 0 Å². The average Bonchev–Trinajstić information content (AvgIpc) is 3.35. The molecule has 1 aliphatic rings. The Balaban J connectivity index is 1.58. The van der Waals surface area contributed by atoms with Crippen molar-refractivity contribution in [2.75, 3.05) is 13.2 Å². The van der Waals surface area contributed by atoms with Gasteiger partial charge in [-0.15, -0.1) is 0 Å². The van der Waals surface area contributed by atoms with Crippen LogP contribution in [0.2, 0.25) is 0 Å². The van der Waals surface area contributed by atoms with Crippen LogP contribution in [-0.2, 0) is 11.3 Å². The van der Waals surface area contributed by atoms with Crippen LogP contribution in [0.1, 0.15) is 29.0 Å². The van der Waals surface area contributed by atoms with Crippen molar-refractivity contribution in [2.24, 2.45) is 0 Å². The summed E-state index contributed by atoms with van der Waals surface area (Å²) in [6.45, 7) is 1.78. The van der Waals surface area contributed by atoms with Crippen LogP contribution in [-0.4, -0.2) is 40.0 Å². The molecule has 1 atom stereocenters. The number of aromatic amines is 1. The molecule has 0 aliphatic carbocycles. The standard InChI is InChI=1S/C18H19N3O3/c22-18(13-5-6-16-17(9-13)20-12-19-16)21(10-14-3-1-7-23-14)11-15-4-2-8-24-15/h1,3,5-7,9,12,15H,2,4,8,10-11H2,(H,19,20)/t15-/m1/s1. The Kier molecular flexibility index (Phi) is 4.04. The molecular formula is C18H19N3O3. The molecule has 1 N–H and O–H groups in total. The van der Waals surface area contributed by atoms with Crippen molar-refractivity contribution in [2.45, 2.75) is 25.5 Å². The number of carbonyl (C=O) groups excluding carboxylic acids is 1. The molecule has 0 radical (unpaired) electrons. The Morgan fingerprint density at radius 1 is 1.38 bits per heavy atom. The molecule has 6 heteroatoms. The van der Waals surface area contributed by atoms with Crippen molar-refractivity contribution in [3.8, 4) is 0 Å². The van der Waals surface area contributed by atoms with Gasteiger partial charge in [0.25, 0.3) is 5.91 Å². The molecule has 4 rings (SSSR count). The molecule has 3 aromatic rings. The number of furan rings is 1. The Morgan fingerprint density at radius 3 is 3.12 bits per heavy atom. The molecule has 1 saturated heterocycles. The summed E-state index contributed by atoms with van der Waals surface area (Å²) in [6.07, 6.45) is 5.39. The van der Waals surface area contributed by atoms with Gasteiger partial charge in [-0.2, -0.15) is 0 Å². The normalized spacial score (nSPS) is 17.4. The molecule has 124 valence electrons. The Hall–Kier alpha value is -2.60. The minimum atomic E-state index is -0.0293. The Bertz CT molecular complexity index is 819. The maximum absolute atomic E-state index is 13.0. The van der Waals surface area contributed by atoms with Crippen LogP contribution >= 0.6 is 0 Å². The third kappa shape index (κ3) is 3.05. The van der Waals surface area contributed by atoms with Gasteiger partial charge in [0.15, 0.2) is 0 Å². The van der Waals surface area contributed by atoms with Gasteiger partial charge in [0, 0.05) is 18.7 Å². The highest BCUT2D eigenvalue weighted by atomic mass is 16.5. The zero-order valence-electron chi connectivity index (χ0n) is 13.3. The van der Waals surface area contributed by atoms with E-state index in [4.69, 9.17) is 9.15 Å². The molecular weight excluding hydrogens is 306 g/mol. The lowest BCUT2D eigenvalue weighted by Gasteiger charge is -2.24. The second-order valence-electron chi connectivity index (χ2n) is 6.03. The molecule has 0 saturated carbocycles. The summed E-state index contributed by atoms with van der Waals surface area (Å²) in [5, 5.41) is 0. The molecule has 24 heavy (non-hydrogen) atoms. The van der Waals surface area contributed by atoms with Crippen LogP contribution in [0.4, 0.5) is 0 Å². The molecule has 1 aliphatic heterocycles. The molecule has 3 heterocycles. The maximum atomic E-state index is 13.0. The van der Waals surface area contributed by atoms with E-state index in [1.807, 2.05) is 30.3 Å². The van der Waals surface area contributed by atoms with Crippen LogP contribution in [0.3, 0.4) is 0 Å². The number of imidazole rings is 1. The topological polar surface area (TPSA) is 71.4 Å². The van der Waals surface area contributed by atoms with E-state index in [1.165, 1.54) is 0 Å². The monoisotopic (exact) mass is 325 g/mol. The SMILES string of the molecule is O=C(c1ccc2nc[nH]c2c1)N(Cc1ccco1)C[C@H]1CCCO1. The minimum Gasteiger partial charge on any atom is -0.467 e. The number of rotatable bonds is 5. The predicted molar refractivity (Wildman–Crippen MR) is 88.5 cm³/mol. The molecule has 1 fully saturated rings. The number of hydrogen-bond acceptors (Lipinski definition) is 4. The number of fused-ring (bicyclic) bond motifs is 1. The third-order valence-corrected chi connectivity index (χ3v) is 4.33. The van der Waals surface area contributed by atoms with Crippen LogP contribution in [0.5, 0.6) is 0 Å². The average molecular weight is 325 g/mol. The van der Waals surface area contributed by atoms with Gasteiger partial charge in [0.1, 0.15) is 5.76 Å². The highest BCUT2D eigenvalue weighted by Gasteiger charge is 2.24. The summed E-state index contributed by atoms with van der Waals surface area (Å²) in [6, 6.07) is 9.23. The van der Waals surface area contributed by atoms with E-state index in [1.54, 1.807) is 17.5 Å².